The van der Waals surface area contributed by atoms with E-state index in [1.165, 1.54) is 24.3 Å². The monoisotopic (exact) mass is 468 g/mol. The van der Waals surface area contributed by atoms with Crippen LogP contribution < -0.4 is 14.6 Å². The Morgan fingerprint density at radius 1 is 0.886 bits per heavy atom. The molecule has 0 bridgehead atoms. The van der Waals surface area contributed by atoms with Crippen molar-refractivity contribution in [3.05, 3.63) is 101 Å². The molecule has 0 fully saturated rings. The molecule has 3 heterocycles. The van der Waals surface area contributed by atoms with Crippen molar-refractivity contribution in [1.82, 2.24) is 9.78 Å². The van der Waals surface area contributed by atoms with Gasteiger partial charge in [-0.3, -0.25) is 9.59 Å². The van der Waals surface area contributed by atoms with Crippen molar-refractivity contribution < 1.29 is 23.7 Å². The smallest absolute Gasteiger partial charge is 0.331 e. The second kappa shape index (κ2) is 8.32. The molecule has 2 aromatic heterocycles. The van der Waals surface area contributed by atoms with Crippen LogP contribution in [0.5, 0.6) is 5.88 Å². The molecule has 0 aliphatic carbocycles. The van der Waals surface area contributed by atoms with Gasteiger partial charge in [0.15, 0.2) is 12.4 Å². The molecule has 35 heavy (non-hydrogen) atoms. The van der Waals surface area contributed by atoms with Crippen LogP contribution in [0.4, 0.5) is 10.1 Å². The van der Waals surface area contributed by atoms with Crippen LogP contribution in [-0.4, -0.2) is 21.6 Å². The second-order valence-corrected chi connectivity index (χ2v) is 8.45. The third-order valence-corrected chi connectivity index (χ3v) is 5.87. The molecule has 174 valence electrons. The standard InChI is InChI=1S/C27H21FN4O3/c1-16-6-4-8-21(14-16)31-25(33)23(24(27(31)35)30-13-5-7-17(2)15-30)22-18(3)29-32(26(22)34)20-11-9-19(28)10-12-20/h4-15H,1-3H3. The molecule has 0 saturated heterocycles. The van der Waals surface area contributed by atoms with E-state index in [1.807, 2.05) is 26.0 Å². The van der Waals surface area contributed by atoms with Gasteiger partial charge in [-0.2, -0.15) is 9.67 Å². The van der Waals surface area contributed by atoms with Crippen LogP contribution in [0.3, 0.4) is 0 Å². The average Bonchev–Trinajstić information content (AvgIpc) is 3.25. The number of halogens is 1. The first-order valence-corrected chi connectivity index (χ1v) is 11.0. The molecule has 5 rings (SSSR count). The first kappa shape index (κ1) is 22.2. The molecule has 2 amide bonds. The minimum atomic E-state index is -0.608. The molecule has 0 atom stereocenters. The number of hydrogen-bond acceptors (Lipinski definition) is 4. The largest absolute Gasteiger partial charge is 0.858 e. The number of pyridine rings is 1. The number of aromatic nitrogens is 3. The highest BCUT2D eigenvalue weighted by atomic mass is 19.1. The Balaban J connectivity index is 1.75. The summed E-state index contributed by atoms with van der Waals surface area (Å²) in [5.41, 5.74) is 2.88. The van der Waals surface area contributed by atoms with Gasteiger partial charge < -0.3 is 5.11 Å². The van der Waals surface area contributed by atoms with Crippen molar-refractivity contribution in [3.8, 4) is 11.6 Å². The summed E-state index contributed by atoms with van der Waals surface area (Å²) >= 11 is 0. The summed E-state index contributed by atoms with van der Waals surface area (Å²) < 4.78 is 16.1. The number of carbonyl (C=O) groups is 2. The van der Waals surface area contributed by atoms with Crippen LogP contribution in [0.2, 0.25) is 0 Å². The maximum absolute atomic E-state index is 13.8. The topological polar surface area (TPSA) is 82.1 Å². The van der Waals surface area contributed by atoms with Crippen LogP contribution >= 0.6 is 0 Å². The van der Waals surface area contributed by atoms with Gasteiger partial charge in [-0.15, -0.1) is 0 Å². The number of hydrogen-bond donors (Lipinski definition) is 0. The molecular formula is C27H21FN4O3. The maximum Gasteiger partial charge on any atom is 0.331 e. The number of anilines is 1. The van der Waals surface area contributed by atoms with E-state index >= 15 is 0 Å². The molecular weight excluding hydrogens is 447 g/mol. The van der Waals surface area contributed by atoms with Crippen LogP contribution in [0.25, 0.3) is 17.0 Å². The first-order valence-electron chi connectivity index (χ1n) is 11.0. The number of amides is 2. The fraction of sp³-hybridized carbons (Fsp3) is 0.111. The van der Waals surface area contributed by atoms with Gasteiger partial charge >= 0.3 is 5.91 Å². The zero-order valence-corrected chi connectivity index (χ0v) is 19.3. The van der Waals surface area contributed by atoms with Gasteiger partial charge in [-0.1, -0.05) is 12.1 Å². The van der Waals surface area contributed by atoms with Gasteiger partial charge in [-0.05, 0) is 74.7 Å². The van der Waals surface area contributed by atoms with Crippen molar-refractivity contribution in [3.63, 3.8) is 0 Å². The quantitative estimate of drug-likeness (QED) is 0.340. The molecule has 0 N–H and O–H groups in total. The van der Waals surface area contributed by atoms with Crippen molar-refractivity contribution in [2.45, 2.75) is 20.8 Å². The number of imide groups is 1. The molecule has 0 saturated carbocycles. The van der Waals surface area contributed by atoms with Crippen molar-refractivity contribution in [1.29, 1.82) is 0 Å². The molecule has 0 spiro atoms. The SMILES string of the molecule is Cc1cccc(N2C(=O)C(c3c(C)nn(-c4ccc(F)cc4)c3[O-])=C([n+]3cccc(C)c3)C2=O)c1. The highest BCUT2D eigenvalue weighted by Gasteiger charge is 2.47. The lowest BCUT2D eigenvalue weighted by molar-refractivity contribution is -0.577. The number of carbonyl (C=O) groups excluding carboxylic acids is 2. The lowest BCUT2D eigenvalue weighted by Gasteiger charge is -2.16. The summed E-state index contributed by atoms with van der Waals surface area (Å²) in [5.74, 6) is -2.17. The predicted molar refractivity (Wildman–Crippen MR) is 126 cm³/mol. The Hall–Kier alpha value is -4.59. The normalized spacial score (nSPS) is 13.8. The number of benzene rings is 2. The summed E-state index contributed by atoms with van der Waals surface area (Å²) in [7, 11) is 0. The Morgan fingerprint density at radius 2 is 1.60 bits per heavy atom. The molecule has 1 aliphatic heterocycles. The Kier molecular flexibility index (Phi) is 5.28. The predicted octanol–water partition coefficient (Wildman–Crippen LogP) is 3.24. The van der Waals surface area contributed by atoms with Crippen molar-refractivity contribution >= 4 is 28.8 Å². The van der Waals surface area contributed by atoms with Crippen LogP contribution in [0, 0.1) is 26.6 Å². The number of aryl methyl sites for hydroxylation is 3. The van der Waals surface area contributed by atoms with Gasteiger partial charge in [0, 0.05) is 17.2 Å². The summed E-state index contributed by atoms with van der Waals surface area (Å²) in [4.78, 5) is 28.6. The molecule has 2 aromatic carbocycles. The van der Waals surface area contributed by atoms with Crippen molar-refractivity contribution in [2.75, 3.05) is 4.90 Å². The molecule has 4 aromatic rings. The van der Waals surface area contributed by atoms with E-state index in [2.05, 4.69) is 5.10 Å². The van der Waals surface area contributed by atoms with E-state index in [0.29, 0.717) is 11.4 Å². The van der Waals surface area contributed by atoms with Crippen LogP contribution in [-0.2, 0) is 9.59 Å². The zero-order chi connectivity index (χ0) is 24.9. The summed E-state index contributed by atoms with van der Waals surface area (Å²) in [6.07, 6.45) is 3.39. The van der Waals surface area contributed by atoms with Crippen molar-refractivity contribution in [2.24, 2.45) is 0 Å². The molecule has 0 unspecified atom stereocenters. The summed E-state index contributed by atoms with van der Waals surface area (Å²) in [6, 6.07) is 16.0. The van der Waals surface area contributed by atoms with E-state index in [1.54, 1.807) is 48.1 Å². The fourth-order valence-electron chi connectivity index (χ4n) is 4.27. The lowest BCUT2D eigenvalue weighted by Crippen LogP contribution is -2.39. The maximum atomic E-state index is 13.8. The molecule has 0 radical (unpaired) electrons. The van der Waals surface area contributed by atoms with Gasteiger partial charge in [-0.25, -0.2) is 14.0 Å². The van der Waals surface area contributed by atoms with E-state index in [-0.39, 0.29) is 22.5 Å². The number of rotatable bonds is 4. The van der Waals surface area contributed by atoms with E-state index in [4.69, 9.17) is 0 Å². The minimum absolute atomic E-state index is 0.0250. The van der Waals surface area contributed by atoms with E-state index < -0.39 is 23.5 Å². The highest BCUT2D eigenvalue weighted by Crippen LogP contribution is 2.38. The Labute approximate surface area is 201 Å². The van der Waals surface area contributed by atoms with Gasteiger partial charge in [0.25, 0.3) is 11.6 Å². The van der Waals surface area contributed by atoms with E-state index in [0.717, 1.165) is 20.7 Å². The second-order valence-electron chi connectivity index (χ2n) is 8.45. The first-order chi connectivity index (χ1) is 16.8. The lowest BCUT2D eigenvalue weighted by atomic mass is 10.0. The average molecular weight is 468 g/mol. The number of nitrogens with zero attached hydrogens (tertiary/aromatic N) is 4. The Bertz CT molecular complexity index is 1540. The van der Waals surface area contributed by atoms with Crippen LogP contribution in [0.15, 0.2) is 73.1 Å². The molecule has 8 heteroatoms. The van der Waals surface area contributed by atoms with Gasteiger partial charge in [0.1, 0.15) is 11.4 Å². The Morgan fingerprint density at radius 3 is 2.29 bits per heavy atom. The van der Waals surface area contributed by atoms with E-state index in [9.17, 15) is 19.1 Å². The summed E-state index contributed by atoms with van der Waals surface area (Å²) in [5, 5.41) is 17.9. The fourth-order valence-corrected chi connectivity index (χ4v) is 4.27. The minimum Gasteiger partial charge on any atom is -0.858 e. The zero-order valence-electron chi connectivity index (χ0n) is 19.3. The molecule has 7 nitrogen and oxygen atoms in total. The highest BCUT2D eigenvalue weighted by molar-refractivity contribution is 6.53. The third kappa shape index (κ3) is 3.69. The summed E-state index contributed by atoms with van der Waals surface area (Å²) in [6.45, 7) is 5.34. The van der Waals surface area contributed by atoms with Gasteiger partial charge in [0.05, 0.1) is 17.1 Å². The van der Waals surface area contributed by atoms with Crippen LogP contribution in [0.1, 0.15) is 22.4 Å². The third-order valence-electron chi connectivity index (χ3n) is 5.87. The molecule has 1 aliphatic rings. The van der Waals surface area contributed by atoms with Gasteiger partial charge in [0.2, 0.25) is 0 Å².